The Labute approximate surface area is 166 Å². The zero-order chi connectivity index (χ0) is 20.4. The Balaban J connectivity index is 2.26. The SMILES string of the molecule is Cc1nc(NC(=O)OC(C)(C)C)sc1-c1ccnc(C(C)(C)CN(C)C)c1. The molecule has 2 heterocycles. The molecule has 148 valence electrons. The topological polar surface area (TPSA) is 67.3 Å². The van der Waals surface area contributed by atoms with Crippen molar-refractivity contribution in [3.63, 3.8) is 0 Å². The Morgan fingerprint density at radius 3 is 2.52 bits per heavy atom. The Morgan fingerprint density at radius 2 is 1.93 bits per heavy atom. The van der Waals surface area contributed by atoms with Crippen LogP contribution < -0.4 is 5.32 Å². The summed E-state index contributed by atoms with van der Waals surface area (Å²) in [6, 6.07) is 4.09. The summed E-state index contributed by atoms with van der Waals surface area (Å²) in [5.74, 6) is 0. The van der Waals surface area contributed by atoms with Crippen molar-refractivity contribution in [1.29, 1.82) is 0 Å². The quantitative estimate of drug-likeness (QED) is 0.801. The highest BCUT2D eigenvalue weighted by molar-refractivity contribution is 7.19. The largest absolute Gasteiger partial charge is 0.444 e. The van der Waals surface area contributed by atoms with E-state index in [2.05, 4.69) is 54.2 Å². The van der Waals surface area contributed by atoms with Gasteiger partial charge in [-0.2, -0.15) is 0 Å². The van der Waals surface area contributed by atoms with E-state index in [-0.39, 0.29) is 5.41 Å². The summed E-state index contributed by atoms with van der Waals surface area (Å²) in [5, 5.41) is 3.25. The van der Waals surface area contributed by atoms with E-state index in [1.165, 1.54) is 11.3 Å². The van der Waals surface area contributed by atoms with Crippen LogP contribution in [0.1, 0.15) is 46.0 Å². The molecule has 0 spiro atoms. The third-order valence-corrected chi connectivity index (χ3v) is 4.95. The van der Waals surface area contributed by atoms with Crippen LogP contribution in [0, 0.1) is 6.92 Å². The second-order valence-electron chi connectivity index (χ2n) is 8.61. The number of rotatable bonds is 5. The number of ether oxygens (including phenoxy) is 1. The standard InChI is InChI=1S/C20H30N4O2S/c1-13-16(27-17(22-13)23-18(25)26-19(2,3)4)14-9-10-21-15(11-14)20(5,6)12-24(7)8/h9-11H,12H2,1-8H3,(H,22,23,25). The van der Waals surface area contributed by atoms with Gasteiger partial charge in [-0.15, -0.1) is 0 Å². The van der Waals surface area contributed by atoms with Crippen LogP contribution in [0.5, 0.6) is 0 Å². The van der Waals surface area contributed by atoms with Crippen molar-refractivity contribution in [2.24, 2.45) is 0 Å². The van der Waals surface area contributed by atoms with Gasteiger partial charge in [0.15, 0.2) is 5.13 Å². The van der Waals surface area contributed by atoms with E-state index in [1.54, 1.807) is 0 Å². The van der Waals surface area contributed by atoms with Gasteiger partial charge in [-0.1, -0.05) is 25.2 Å². The first-order chi connectivity index (χ1) is 12.4. The van der Waals surface area contributed by atoms with Crippen LogP contribution in [-0.4, -0.2) is 47.2 Å². The summed E-state index contributed by atoms with van der Waals surface area (Å²) in [4.78, 5) is 24.2. The van der Waals surface area contributed by atoms with E-state index in [1.807, 2.05) is 40.0 Å². The first kappa shape index (κ1) is 21.3. The third-order valence-electron chi connectivity index (χ3n) is 3.83. The van der Waals surface area contributed by atoms with Crippen molar-refractivity contribution in [3.05, 3.63) is 29.7 Å². The molecule has 0 aromatic carbocycles. The number of likely N-dealkylation sites (N-methyl/N-ethyl adjacent to an activating group) is 1. The van der Waals surface area contributed by atoms with Crippen molar-refractivity contribution >= 4 is 22.6 Å². The van der Waals surface area contributed by atoms with E-state index in [0.717, 1.165) is 28.4 Å². The molecule has 0 saturated carbocycles. The molecule has 27 heavy (non-hydrogen) atoms. The molecular weight excluding hydrogens is 360 g/mol. The Hall–Kier alpha value is -1.99. The minimum absolute atomic E-state index is 0.0737. The van der Waals surface area contributed by atoms with Crippen LogP contribution in [0.3, 0.4) is 0 Å². The Kier molecular flexibility index (Phi) is 6.27. The average molecular weight is 391 g/mol. The molecule has 2 aromatic heterocycles. The molecule has 0 radical (unpaired) electrons. The number of carbonyl (C=O) groups excluding carboxylic acids is 1. The van der Waals surface area contributed by atoms with Gasteiger partial charge in [0.05, 0.1) is 10.6 Å². The van der Waals surface area contributed by atoms with Gasteiger partial charge < -0.3 is 9.64 Å². The van der Waals surface area contributed by atoms with Crippen LogP contribution in [0.15, 0.2) is 18.3 Å². The Bertz CT molecular complexity index is 807. The van der Waals surface area contributed by atoms with Crippen molar-refractivity contribution in [2.45, 2.75) is 52.6 Å². The van der Waals surface area contributed by atoms with E-state index in [0.29, 0.717) is 5.13 Å². The number of hydrogen-bond acceptors (Lipinski definition) is 6. The summed E-state index contributed by atoms with van der Waals surface area (Å²) in [6.07, 6.45) is 1.34. The highest BCUT2D eigenvalue weighted by Crippen LogP contribution is 2.34. The zero-order valence-electron chi connectivity index (χ0n) is 17.5. The van der Waals surface area contributed by atoms with E-state index in [9.17, 15) is 4.79 Å². The molecule has 0 fully saturated rings. The number of aromatic nitrogens is 2. The normalized spacial score (nSPS) is 12.3. The highest BCUT2D eigenvalue weighted by atomic mass is 32.1. The maximum Gasteiger partial charge on any atom is 0.413 e. The van der Waals surface area contributed by atoms with Gasteiger partial charge in [0.1, 0.15) is 5.60 Å². The highest BCUT2D eigenvalue weighted by Gasteiger charge is 2.24. The number of nitrogens with one attached hydrogen (secondary N) is 1. The van der Waals surface area contributed by atoms with E-state index >= 15 is 0 Å². The lowest BCUT2D eigenvalue weighted by molar-refractivity contribution is 0.0636. The lowest BCUT2D eigenvalue weighted by atomic mass is 9.87. The number of hydrogen-bond donors (Lipinski definition) is 1. The molecule has 2 rings (SSSR count). The fourth-order valence-electron chi connectivity index (χ4n) is 2.92. The molecule has 0 atom stereocenters. The third kappa shape index (κ3) is 6.01. The van der Waals surface area contributed by atoms with Gasteiger partial charge in [-0.05, 0) is 59.5 Å². The second kappa shape index (κ2) is 7.94. The molecule has 1 N–H and O–H groups in total. The lowest BCUT2D eigenvalue weighted by Crippen LogP contribution is -2.32. The number of aryl methyl sites for hydroxylation is 1. The van der Waals surface area contributed by atoms with Gasteiger partial charge in [0, 0.05) is 23.9 Å². The number of pyridine rings is 1. The second-order valence-corrected chi connectivity index (χ2v) is 9.61. The summed E-state index contributed by atoms with van der Waals surface area (Å²) in [7, 11) is 4.13. The van der Waals surface area contributed by atoms with Crippen molar-refractivity contribution in [2.75, 3.05) is 26.0 Å². The maximum atomic E-state index is 12.0. The zero-order valence-corrected chi connectivity index (χ0v) is 18.3. The molecule has 0 bridgehead atoms. The van der Waals surface area contributed by atoms with Crippen molar-refractivity contribution in [3.8, 4) is 10.4 Å². The molecule has 7 heteroatoms. The van der Waals surface area contributed by atoms with Crippen LogP contribution in [0.25, 0.3) is 10.4 Å². The van der Waals surface area contributed by atoms with Gasteiger partial charge in [0.25, 0.3) is 0 Å². The molecule has 1 amide bonds. The molecule has 0 aliphatic rings. The fraction of sp³-hybridized carbons (Fsp3) is 0.550. The summed E-state index contributed by atoms with van der Waals surface area (Å²) in [5.41, 5.74) is 2.34. The monoisotopic (exact) mass is 390 g/mol. The molecule has 6 nitrogen and oxygen atoms in total. The van der Waals surface area contributed by atoms with Crippen LogP contribution in [0.2, 0.25) is 0 Å². The molecule has 0 aliphatic heterocycles. The number of nitrogens with zero attached hydrogens (tertiary/aromatic N) is 3. The molecule has 0 aliphatic carbocycles. The number of carbonyl (C=O) groups is 1. The van der Waals surface area contributed by atoms with E-state index < -0.39 is 11.7 Å². The smallest absolute Gasteiger partial charge is 0.413 e. The fourth-order valence-corrected chi connectivity index (χ4v) is 3.87. The first-order valence-electron chi connectivity index (χ1n) is 8.96. The van der Waals surface area contributed by atoms with Crippen LogP contribution >= 0.6 is 11.3 Å². The van der Waals surface area contributed by atoms with Crippen LogP contribution in [0.4, 0.5) is 9.93 Å². The first-order valence-corrected chi connectivity index (χ1v) is 9.78. The minimum atomic E-state index is -0.544. The number of amides is 1. The molecule has 0 unspecified atom stereocenters. The predicted molar refractivity (Wildman–Crippen MR) is 112 cm³/mol. The molecule has 0 saturated heterocycles. The van der Waals surface area contributed by atoms with E-state index in [4.69, 9.17) is 4.74 Å². The van der Waals surface area contributed by atoms with Gasteiger partial charge >= 0.3 is 6.09 Å². The van der Waals surface area contributed by atoms with Crippen LogP contribution in [-0.2, 0) is 10.2 Å². The number of anilines is 1. The minimum Gasteiger partial charge on any atom is -0.444 e. The average Bonchev–Trinajstić information content (AvgIpc) is 2.84. The lowest BCUT2D eigenvalue weighted by Gasteiger charge is -2.28. The summed E-state index contributed by atoms with van der Waals surface area (Å²) in [6.45, 7) is 12.7. The van der Waals surface area contributed by atoms with Gasteiger partial charge in [0.2, 0.25) is 0 Å². The molecular formula is C20H30N4O2S. The predicted octanol–water partition coefficient (Wildman–Crippen LogP) is 4.70. The van der Waals surface area contributed by atoms with Crippen molar-refractivity contribution < 1.29 is 9.53 Å². The summed E-state index contributed by atoms with van der Waals surface area (Å²) >= 11 is 1.44. The Morgan fingerprint density at radius 1 is 1.26 bits per heavy atom. The number of thiazole rings is 1. The van der Waals surface area contributed by atoms with Crippen molar-refractivity contribution in [1.82, 2.24) is 14.9 Å². The van der Waals surface area contributed by atoms with Gasteiger partial charge in [-0.25, -0.2) is 9.78 Å². The maximum absolute atomic E-state index is 12.0. The summed E-state index contributed by atoms with van der Waals surface area (Å²) < 4.78 is 5.30. The van der Waals surface area contributed by atoms with Gasteiger partial charge in [-0.3, -0.25) is 10.3 Å². The molecule has 2 aromatic rings.